The van der Waals surface area contributed by atoms with Gasteiger partial charge in [-0.15, -0.1) is 0 Å². The first kappa shape index (κ1) is 21.1. The van der Waals surface area contributed by atoms with Crippen molar-refractivity contribution in [3.05, 3.63) is 129 Å². The molecule has 0 saturated carbocycles. The number of allylic oxidation sites excluding steroid dienone is 1. The molecule has 0 saturated heterocycles. The maximum atomic E-state index is 13.8. The van der Waals surface area contributed by atoms with Crippen LogP contribution in [0.5, 0.6) is 0 Å². The van der Waals surface area contributed by atoms with Crippen LogP contribution in [0.3, 0.4) is 0 Å². The third-order valence-corrected chi connectivity index (χ3v) is 7.34. The topological polar surface area (TPSA) is 15.6 Å². The Morgan fingerprint density at radius 2 is 1.56 bits per heavy atom. The number of aliphatic imine (C=N–C) groups is 1. The van der Waals surface area contributed by atoms with Gasteiger partial charge in [-0.1, -0.05) is 66.4 Å². The summed E-state index contributed by atoms with van der Waals surface area (Å²) in [5.41, 5.74) is 7.70. The molecule has 3 aromatic rings. The summed E-state index contributed by atoms with van der Waals surface area (Å²) in [6.45, 7) is 0. The lowest BCUT2D eigenvalue weighted by atomic mass is 9.82. The molecule has 6 rings (SSSR count). The van der Waals surface area contributed by atoms with Gasteiger partial charge in [-0.25, -0.2) is 13.8 Å². The fraction of sp³-hybridized carbons (Fsp3) is 0.138. The Hall–Kier alpha value is -3.44. The summed E-state index contributed by atoms with van der Waals surface area (Å²) in [6.07, 6.45) is 4.99. The number of nitrogens with zero attached hydrogens (tertiary/aromatic N) is 2. The number of amidine groups is 1. The minimum atomic E-state index is -0.238. The van der Waals surface area contributed by atoms with Crippen LogP contribution < -0.4 is 0 Å². The monoisotopic (exact) mass is 468 g/mol. The molecule has 3 aliphatic rings. The first-order valence-corrected chi connectivity index (χ1v) is 12.3. The van der Waals surface area contributed by atoms with Crippen LogP contribution in [-0.2, 0) is 0 Å². The normalized spacial score (nSPS) is 20.7. The molecule has 0 amide bonds. The van der Waals surface area contributed by atoms with E-state index in [1.807, 2.05) is 30.3 Å². The van der Waals surface area contributed by atoms with Crippen LogP contribution in [0.15, 0.2) is 106 Å². The van der Waals surface area contributed by atoms with E-state index < -0.39 is 0 Å². The number of benzene rings is 3. The molecule has 1 aliphatic carbocycles. The van der Waals surface area contributed by atoms with Crippen molar-refractivity contribution in [2.24, 2.45) is 4.99 Å². The molecular formula is C29H22F2N2S. The minimum absolute atomic E-state index is 0.0542. The van der Waals surface area contributed by atoms with E-state index in [-0.39, 0.29) is 17.7 Å². The highest BCUT2D eigenvalue weighted by atomic mass is 32.2. The lowest BCUT2D eigenvalue weighted by Crippen LogP contribution is -2.34. The van der Waals surface area contributed by atoms with Crippen LogP contribution in [0, 0.1) is 11.6 Å². The molecule has 2 aliphatic heterocycles. The third kappa shape index (κ3) is 3.80. The molecule has 0 spiro atoms. The largest absolute Gasteiger partial charge is 0.308 e. The van der Waals surface area contributed by atoms with Crippen molar-refractivity contribution in [2.45, 2.75) is 25.3 Å². The summed E-state index contributed by atoms with van der Waals surface area (Å²) in [5, 5.41) is 3.09. The minimum Gasteiger partial charge on any atom is -0.308 e. The van der Waals surface area contributed by atoms with E-state index in [9.17, 15) is 8.78 Å². The molecule has 0 N–H and O–H groups in total. The zero-order valence-corrected chi connectivity index (χ0v) is 19.2. The van der Waals surface area contributed by atoms with Gasteiger partial charge in [0.1, 0.15) is 11.6 Å². The summed E-state index contributed by atoms with van der Waals surface area (Å²) in [6, 6.07) is 23.7. The highest BCUT2D eigenvalue weighted by Gasteiger charge is 2.40. The van der Waals surface area contributed by atoms with Gasteiger partial charge in [0.05, 0.1) is 17.4 Å². The number of rotatable bonds is 3. The second-order valence-corrected chi connectivity index (χ2v) is 9.49. The highest BCUT2D eigenvalue weighted by molar-refractivity contribution is 8.16. The van der Waals surface area contributed by atoms with Crippen molar-refractivity contribution in [3.8, 4) is 0 Å². The second-order valence-electron chi connectivity index (χ2n) is 8.65. The van der Waals surface area contributed by atoms with Gasteiger partial charge < -0.3 is 4.90 Å². The quantitative estimate of drug-likeness (QED) is 0.388. The van der Waals surface area contributed by atoms with Gasteiger partial charge in [-0.05, 0) is 77.4 Å². The predicted molar refractivity (Wildman–Crippen MR) is 136 cm³/mol. The maximum absolute atomic E-state index is 13.8. The lowest BCUT2D eigenvalue weighted by Gasteiger charge is -2.40. The maximum Gasteiger partial charge on any atom is 0.174 e. The van der Waals surface area contributed by atoms with E-state index in [2.05, 4.69) is 28.5 Å². The molecule has 1 atom stereocenters. The van der Waals surface area contributed by atoms with Crippen molar-refractivity contribution >= 4 is 28.7 Å². The molecule has 3 aromatic carbocycles. The van der Waals surface area contributed by atoms with Gasteiger partial charge >= 0.3 is 0 Å². The van der Waals surface area contributed by atoms with Gasteiger partial charge in [-0.2, -0.15) is 0 Å². The summed E-state index contributed by atoms with van der Waals surface area (Å²) in [4.78, 5) is 7.45. The third-order valence-electron chi connectivity index (χ3n) is 6.50. The van der Waals surface area contributed by atoms with E-state index >= 15 is 0 Å². The smallest absolute Gasteiger partial charge is 0.174 e. The van der Waals surface area contributed by atoms with Gasteiger partial charge in [0.15, 0.2) is 5.17 Å². The number of thioether (sulfide) groups is 1. The van der Waals surface area contributed by atoms with Crippen molar-refractivity contribution in [1.82, 2.24) is 4.90 Å². The number of hydrogen-bond acceptors (Lipinski definition) is 3. The Balaban J connectivity index is 1.49. The molecule has 2 heterocycles. The van der Waals surface area contributed by atoms with Crippen LogP contribution in [0.2, 0.25) is 0 Å². The summed E-state index contributed by atoms with van der Waals surface area (Å²) >= 11 is 1.63. The van der Waals surface area contributed by atoms with Crippen LogP contribution in [0.1, 0.15) is 42.0 Å². The summed E-state index contributed by atoms with van der Waals surface area (Å²) in [7, 11) is 0. The molecule has 168 valence electrons. The van der Waals surface area contributed by atoms with Crippen molar-refractivity contribution in [3.63, 3.8) is 0 Å². The zero-order valence-electron chi connectivity index (χ0n) is 18.4. The molecule has 34 heavy (non-hydrogen) atoms. The molecule has 5 heteroatoms. The standard InChI is InChI=1S/C29H22F2N2S/c30-23-13-9-19(10-14-23)17-22-7-4-8-25-27(22)32-29-33(28(25)21-11-15-24(31)16-12-21)26(18-34-29)20-5-2-1-3-6-20/h1-3,5-6,9-18,28H,4,7-8H2/b22-17+/t28-/m1/s1. The second kappa shape index (κ2) is 8.73. The van der Waals surface area contributed by atoms with Crippen molar-refractivity contribution in [2.75, 3.05) is 0 Å². The van der Waals surface area contributed by atoms with Gasteiger partial charge in [0.25, 0.3) is 0 Å². The van der Waals surface area contributed by atoms with E-state index in [1.165, 1.54) is 35.4 Å². The van der Waals surface area contributed by atoms with E-state index in [4.69, 9.17) is 4.99 Å². The first-order valence-electron chi connectivity index (χ1n) is 11.4. The number of fused-ring (bicyclic) bond motifs is 1. The van der Waals surface area contributed by atoms with Crippen molar-refractivity contribution < 1.29 is 8.78 Å². The fourth-order valence-electron chi connectivity index (χ4n) is 4.94. The van der Waals surface area contributed by atoms with Crippen LogP contribution in [0.25, 0.3) is 11.8 Å². The van der Waals surface area contributed by atoms with E-state index in [0.29, 0.717) is 0 Å². The Morgan fingerprint density at radius 3 is 2.29 bits per heavy atom. The summed E-state index contributed by atoms with van der Waals surface area (Å²) in [5.74, 6) is -0.477. The van der Waals surface area contributed by atoms with Crippen LogP contribution in [0.4, 0.5) is 8.78 Å². The Kier molecular flexibility index (Phi) is 5.42. The molecule has 0 fully saturated rings. The summed E-state index contributed by atoms with van der Waals surface area (Å²) < 4.78 is 27.3. The van der Waals surface area contributed by atoms with Crippen molar-refractivity contribution in [1.29, 1.82) is 0 Å². The van der Waals surface area contributed by atoms with Gasteiger partial charge in [0.2, 0.25) is 0 Å². The Morgan fingerprint density at radius 1 is 0.853 bits per heavy atom. The molecule has 0 unspecified atom stereocenters. The average Bonchev–Trinajstić information content (AvgIpc) is 3.29. The Bertz CT molecular complexity index is 1350. The van der Waals surface area contributed by atoms with E-state index in [0.717, 1.165) is 52.5 Å². The molecular weight excluding hydrogens is 446 g/mol. The lowest BCUT2D eigenvalue weighted by molar-refractivity contribution is 0.457. The van der Waals surface area contributed by atoms with Gasteiger partial charge in [-0.3, -0.25) is 0 Å². The average molecular weight is 469 g/mol. The van der Waals surface area contributed by atoms with Gasteiger partial charge in [0, 0.05) is 5.41 Å². The van der Waals surface area contributed by atoms with Crippen LogP contribution in [-0.4, -0.2) is 10.1 Å². The first-order chi connectivity index (χ1) is 16.7. The van der Waals surface area contributed by atoms with Crippen LogP contribution >= 0.6 is 11.8 Å². The molecule has 0 aromatic heterocycles. The fourth-order valence-corrected chi connectivity index (χ4v) is 5.87. The Labute approximate surface area is 202 Å². The molecule has 0 radical (unpaired) electrons. The van der Waals surface area contributed by atoms with E-state index in [1.54, 1.807) is 23.9 Å². The molecule has 0 bridgehead atoms. The predicted octanol–water partition coefficient (Wildman–Crippen LogP) is 7.94. The molecule has 2 nitrogen and oxygen atoms in total. The SMILES string of the molecule is Fc1ccc(/C=C2\CCCC3=C2N=C2SC=C(c4ccccc4)N2[C@@H]3c2ccc(F)cc2)cc1. The highest BCUT2D eigenvalue weighted by Crippen LogP contribution is 2.51. The number of hydrogen-bond donors (Lipinski definition) is 0. The number of halogens is 2. The zero-order chi connectivity index (χ0) is 23.1.